The molecule has 1 amide bonds. The van der Waals surface area contributed by atoms with E-state index < -0.39 is 5.91 Å². The number of fused-ring (bicyclic) bond motifs is 2. The summed E-state index contributed by atoms with van der Waals surface area (Å²) in [5, 5.41) is 17.1. The SMILES string of the molecule is Cc1ccnc2nc(C(=O)Nc3sc4c(c3C#N)CCCC4)nn12. The normalized spacial score (nSPS) is 13.5. The molecule has 1 aliphatic rings. The number of anilines is 1. The first-order valence-electron chi connectivity index (χ1n) is 7.71. The van der Waals surface area contributed by atoms with E-state index in [0.717, 1.165) is 36.9 Å². The van der Waals surface area contributed by atoms with Crippen LogP contribution in [0.3, 0.4) is 0 Å². The van der Waals surface area contributed by atoms with Gasteiger partial charge in [-0.05, 0) is 44.2 Å². The van der Waals surface area contributed by atoms with Crippen molar-refractivity contribution >= 4 is 28.0 Å². The fraction of sp³-hybridized carbons (Fsp3) is 0.312. The summed E-state index contributed by atoms with van der Waals surface area (Å²) < 4.78 is 1.53. The van der Waals surface area contributed by atoms with Crippen LogP contribution in [-0.4, -0.2) is 25.5 Å². The van der Waals surface area contributed by atoms with Crippen molar-refractivity contribution in [2.45, 2.75) is 32.6 Å². The van der Waals surface area contributed by atoms with E-state index >= 15 is 0 Å². The summed E-state index contributed by atoms with van der Waals surface area (Å²) in [6.45, 7) is 1.87. The molecule has 0 aliphatic heterocycles. The summed E-state index contributed by atoms with van der Waals surface area (Å²) in [6.07, 6.45) is 5.72. The zero-order valence-electron chi connectivity index (χ0n) is 13.0. The average Bonchev–Trinajstić information content (AvgIpc) is 3.16. The maximum Gasteiger partial charge on any atom is 0.296 e. The Morgan fingerprint density at radius 1 is 1.42 bits per heavy atom. The van der Waals surface area contributed by atoms with E-state index in [1.807, 2.05) is 6.92 Å². The van der Waals surface area contributed by atoms with Crippen molar-refractivity contribution in [3.63, 3.8) is 0 Å². The molecule has 0 aromatic carbocycles. The number of aryl methyl sites for hydroxylation is 2. The van der Waals surface area contributed by atoms with Gasteiger partial charge in [0.1, 0.15) is 11.1 Å². The highest BCUT2D eigenvalue weighted by Gasteiger charge is 2.23. The largest absolute Gasteiger partial charge is 0.310 e. The molecule has 0 atom stereocenters. The van der Waals surface area contributed by atoms with E-state index in [0.29, 0.717) is 16.3 Å². The van der Waals surface area contributed by atoms with Gasteiger partial charge < -0.3 is 5.32 Å². The summed E-state index contributed by atoms with van der Waals surface area (Å²) in [7, 11) is 0. The number of nitrogens with zero attached hydrogens (tertiary/aromatic N) is 5. The highest BCUT2D eigenvalue weighted by molar-refractivity contribution is 7.16. The van der Waals surface area contributed by atoms with Gasteiger partial charge in [-0.15, -0.1) is 16.4 Å². The number of hydrogen-bond acceptors (Lipinski definition) is 6. The molecule has 1 aliphatic carbocycles. The number of thiophene rings is 1. The Morgan fingerprint density at radius 3 is 3.04 bits per heavy atom. The number of carbonyl (C=O) groups excluding carboxylic acids is 1. The number of hydrogen-bond donors (Lipinski definition) is 1. The molecule has 0 bridgehead atoms. The quantitative estimate of drug-likeness (QED) is 0.774. The fourth-order valence-electron chi connectivity index (χ4n) is 2.93. The van der Waals surface area contributed by atoms with Gasteiger partial charge in [0.2, 0.25) is 5.82 Å². The zero-order valence-corrected chi connectivity index (χ0v) is 13.9. The molecule has 4 rings (SSSR count). The number of rotatable bonds is 2. The molecular formula is C16H14N6OS. The van der Waals surface area contributed by atoms with Crippen molar-refractivity contribution in [1.29, 1.82) is 5.26 Å². The lowest BCUT2D eigenvalue weighted by atomic mass is 9.96. The van der Waals surface area contributed by atoms with Gasteiger partial charge in [0.15, 0.2) is 0 Å². The third kappa shape index (κ3) is 2.34. The minimum Gasteiger partial charge on any atom is -0.310 e. The number of nitriles is 1. The molecule has 0 fully saturated rings. The molecule has 0 unspecified atom stereocenters. The molecule has 8 heteroatoms. The molecule has 120 valence electrons. The molecule has 3 heterocycles. The Kier molecular flexibility index (Phi) is 3.50. The topological polar surface area (TPSA) is 96.0 Å². The van der Waals surface area contributed by atoms with Crippen LogP contribution < -0.4 is 5.32 Å². The van der Waals surface area contributed by atoms with Crippen LogP contribution in [0.2, 0.25) is 0 Å². The predicted molar refractivity (Wildman–Crippen MR) is 89.1 cm³/mol. The maximum absolute atomic E-state index is 12.5. The Bertz CT molecular complexity index is 996. The van der Waals surface area contributed by atoms with E-state index in [1.54, 1.807) is 12.3 Å². The van der Waals surface area contributed by atoms with Gasteiger partial charge in [-0.25, -0.2) is 9.50 Å². The van der Waals surface area contributed by atoms with Crippen molar-refractivity contribution in [1.82, 2.24) is 19.6 Å². The van der Waals surface area contributed by atoms with Gasteiger partial charge in [-0.1, -0.05) is 0 Å². The third-order valence-corrected chi connectivity index (χ3v) is 5.35. The van der Waals surface area contributed by atoms with Crippen LogP contribution in [0.5, 0.6) is 0 Å². The first kappa shape index (κ1) is 14.8. The number of nitrogens with one attached hydrogen (secondary N) is 1. The van der Waals surface area contributed by atoms with Crippen LogP contribution in [-0.2, 0) is 12.8 Å². The molecule has 1 N–H and O–H groups in total. The molecule has 0 radical (unpaired) electrons. The second-order valence-electron chi connectivity index (χ2n) is 5.71. The van der Waals surface area contributed by atoms with Crippen molar-refractivity contribution in [3.8, 4) is 6.07 Å². The van der Waals surface area contributed by atoms with E-state index in [-0.39, 0.29) is 5.82 Å². The number of amides is 1. The number of carbonyl (C=O) groups is 1. The summed E-state index contributed by atoms with van der Waals surface area (Å²) in [5.41, 5.74) is 2.52. The molecule has 3 aromatic rings. The molecule has 7 nitrogen and oxygen atoms in total. The van der Waals surface area contributed by atoms with E-state index in [9.17, 15) is 10.1 Å². The van der Waals surface area contributed by atoms with E-state index in [1.165, 1.54) is 20.7 Å². The maximum atomic E-state index is 12.5. The van der Waals surface area contributed by atoms with Crippen LogP contribution in [0.15, 0.2) is 12.3 Å². The predicted octanol–water partition coefficient (Wildman–Crippen LogP) is 2.50. The smallest absolute Gasteiger partial charge is 0.296 e. The third-order valence-electron chi connectivity index (χ3n) is 4.14. The van der Waals surface area contributed by atoms with Crippen molar-refractivity contribution in [3.05, 3.63) is 39.8 Å². The van der Waals surface area contributed by atoms with Crippen LogP contribution in [0.1, 0.15) is 45.2 Å². The highest BCUT2D eigenvalue weighted by atomic mass is 32.1. The van der Waals surface area contributed by atoms with Crippen LogP contribution in [0.4, 0.5) is 5.00 Å². The minimum atomic E-state index is -0.421. The molecule has 0 spiro atoms. The molecule has 3 aromatic heterocycles. The monoisotopic (exact) mass is 338 g/mol. The standard InChI is InChI=1S/C16H14N6OS/c1-9-6-7-18-16-19-13(21-22(9)16)14(23)20-15-11(8-17)10-4-2-3-5-12(10)24-15/h6-7H,2-5H2,1H3,(H,20,23). The first-order chi connectivity index (χ1) is 11.7. The van der Waals surface area contributed by atoms with Gasteiger partial charge in [0.05, 0.1) is 5.56 Å². The lowest BCUT2D eigenvalue weighted by Gasteiger charge is -2.09. The minimum absolute atomic E-state index is 0.0482. The van der Waals surface area contributed by atoms with Crippen molar-refractivity contribution in [2.24, 2.45) is 0 Å². The molecule has 0 saturated carbocycles. The van der Waals surface area contributed by atoms with Crippen molar-refractivity contribution < 1.29 is 4.79 Å². The van der Waals surface area contributed by atoms with Crippen LogP contribution in [0.25, 0.3) is 5.78 Å². The summed E-state index contributed by atoms with van der Waals surface area (Å²) in [5.74, 6) is 0.00758. The second kappa shape index (κ2) is 5.69. The van der Waals surface area contributed by atoms with E-state index in [4.69, 9.17) is 0 Å². The first-order valence-corrected chi connectivity index (χ1v) is 8.53. The lowest BCUT2D eigenvalue weighted by molar-refractivity contribution is 0.101. The van der Waals surface area contributed by atoms with Gasteiger partial charge in [0, 0.05) is 16.8 Å². The molecular weight excluding hydrogens is 324 g/mol. The fourth-order valence-corrected chi connectivity index (χ4v) is 4.17. The summed E-state index contributed by atoms with van der Waals surface area (Å²) >= 11 is 1.49. The van der Waals surface area contributed by atoms with Crippen LogP contribution in [0, 0.1) is 18.3 Å². The van der Waals surface area contributed by atoms with Gasteiger partial charge >= 0.3 is 0 Å². The number of aromatic nitrogens is 4. The Hall–Kier alpha value is -2.79. The average molecular weight is 338 g/mol. The second-order valence-corrected chi connectivity index (χ2v) is 6.82. The van der Waals surface area contributed by atoms with Crippen molar-refractivity contribution in [2.75, 3.05) is 5.32 Å². The highest BCUT2D eigenvalue weighted by Crippen LogP contribution is 2.37. The Labute approximate surface area is 142 Å². The Balaban J connectivity index is 1.67. The lowest BCUT2D eigenvalue weighted by Crippen LogP contribution is -2.14. The van der Waals surface area contributed by atoms with Gasteiger partial charge in [0.25, 0.3) is 11.7 Å². The van der Waals surface area contributed by atoms with Gasteiger partial charge in [-0.2, -0.15) is 10.2 Å². The van der Waals surface area contributed by atoms with E-state index in [2.05, 4.69) is 26.5 Å². The van der Waals surface area contributed by atoms with Crippen LogP contribution >= 0.6 is 11.3 Å². The summed E-state index contributed by atoms with van der Waals surface area (Å²) in [4.78, 5) is 22.0. The molecule has 0 saturated heterocycles. The Morgan fingerprint density at radius 2 is 2.25 bits per heavy atom. The molecule has 24 heavy (non-hydrogen) atoms. The summed E-state index contributed by atoms with van der Waals surface area (Å²) in [6, 6.07) is 4.03. The zero-order chi connectivity index (χ0) is 16.7. The van der Waals surface area contributed by atoms with Gasteiger partial charge in [-0.3, -0.25) is 4.79 Å².